The van der Waals surface area contributed by atoms with Crippen molar-refractivity contribution in [2.75, 3.05) is 32.7 Å². The van der Waals surface area contributed by atoms with Crippen molar-refractivity contribution in [1.29, 1.82) is 0 Å². The molecule has 0 aromatic rings. The van der Waals surface area contributed by atoms with Crippen LogP contribution in [-0.2, 0) is 0 Å². The van der Waals surface area contributed by atoms with Gasteiger partial charge in [0.1, 0.15) is 12.8 Å². The standard InChI is InChI=1S/C11H21N2/c1-2-8-13(9-3-1)10-11-4-6-12-7-5-11/h1,11-12H,2-10H2/q+1/p+1. The Kier molecular flexibility index (Phi) is 3.50. The minimum absolute atomic E-state index is 1.00. The molecule has 0 spiro atoms. The summed E-state index contributed by atoms with van der Waals surface area (Å²) in [4.78, 5) is 2.66. The average Bonchev–Trinajstić information content (AvgIpc) is 2.21. The van der Waals surface area contributed by atoms with Crippen LogP contribution in [-0.4, -0.2) is 37.6 Å². The van der Waals surface area contributed by atoms with Crippen molar-refractivity contribution in [2.24, 2.45) is 5.92 Å². The Hall–Kier alpha value is -0.210. The Balaban J connectivity index is 1.69. The maximum absolute atomic E-state index is 2.66. The maximum Gasteiger partial charge on any atom is 0.100 e. The third-order valence-electron chi connectivity index (χ3n) is 3.37. The van der Waals surface area contributed by atoms with Gasteiger partial charge in [0.25, 0.3) is 0 Å². The number of hydrogen-bond acceptors (Lipinski definition) is 1. The van der Waals surface area contributed by atoms with Gasteiger partial charge in [-0.3, -0.25) is 4.90 Å². The molecule has 0 atom stereocenters. The maximum atomic E-state index is 2.66. The Labute approximate surface area is 81.7 Å². The average molecular weight is 182 g/mol. The highest BCUT2D eigenvalue weighted by Crippen LogP contribution is 2.14. The van der Waals surface area contributed by atoms with Crippen LogP contribution < -0.4 is 5.32 Å². The van der Waals surface area contributed by atoms with Crippen LogP contribution in [0.3, 0.4) is 0 Å². The van der Waals surface area contributed by atoms with Gasteiger partial charge in [0.2, 0.25) is 0 Å². The second-order valence-electron chi connectivity index (χ2n) is 4.48. The van der Waals surface area contributed by atoms with Crippen LogP contribution in [0, 0.1) is 12.3 Å². The summed E-state index contributed by atoms with van der Waals surface area (Å²) in [6, 6.07) is 0. The first-order valence-electron chi connectivity index (χ1n) is 5.81. The van der Waals surface area contributed by atoms with Crippen molar-refractivity contribution in [3.63, 3.8) is 0 Å². The Morgan fingerprint density at radius 2 is 1.85 bits per heavy atom. The molecule has 0 saturated carbocycles. The van der Waals surface area contributed by atoms with Gasteiger partial charge in [0.05, 0.1) is 19.5 Å². The van der Waals surface area contributed by atoms with Gasteiger partial charge in [0, 0.05) is 32.5 Å². The molecule has 74 valence electrons. The van der Waals surface area contributed by atoms with Gasteiger partial charge in [-0.2, -0.15) is 0 Å². The molecule has 2 N–H and O–H groups in total. The summed E-state index contributed by atoms with van der Waals surface area (Å²) in [6.07, 6.45) is 7.96. The van der Waals surface area contributed by atoms with E-state index in [-0.39, 0.29) is 0 Å². The molecule has 0 bridgehead atoms. The first kappa shape index (κ1) is 9.35. The van der Waals surface area contributed by atoms with Crippen molar-refractivity contribution in [3.8, 4) is 0 Å². The summed E-state index contributed by atoms with van der Waals surface area (Å²) in [7, 11) is 0. The lowest BCUT2D eigenvalue weighted by molar-refractivity contribution is -0.664. The van der Waals surface area contributed by atoms with Gasteiger partial charge in [-0.15, -0.1) is 0 Å². The lowest BCUT2D eigenvalue weighted by Crippen LogP contribution is -2.86. The number of rotatable bonds is 2. The largest absolute Gasteiger partial charge is 0.346 e. The van der Waals surface area contributed by atoms with Gasteiger partial charge in [-0.25, -0.2) is 0 Å². The summed E-state index contributed by atoms with van der Waals surface area (Å²) >= 11 is 0. The number of hydrogen-bond donors (Lipinski definition) is 1. The van der Waals surface area contributed by atoms with Crippen LogP contribution >= 0.6 is 0 Å². The third-order valence-corrected chi connectivity index (χ3v) is 3.37. The quantitative estimate of drug-likeness (QED) is 0.607. The third kappa shape index (κ3) is 2.89. The van der Waals surface area contributed by atoms with E-state index in [4.69, 9.17) is 0 Å². The molecule has 0 unspecified atom stereocenters. The lowest BCUT2D eigenvalue weighted by atomic mass is 9.96. The predicted molar refractivity (Wildman–Crippen MR) is 54.4 cm³/mol. The Bertz CT molecular complexity index is 119. The monoisotopic (exact) mass is 182 g/mol. The molecule has 0 aliphatic carbocycles. The highest BCUT2D eigenvalue weighted by molar-refractivity contribution is 4.78. The summed E-state index contributed by atoms with van der Waals surface area (Å²) in [6.45, 7) is 6.75. The zero-order valence-corrected chi connectivity index (χ0v) is 8.54. The molecule has 2 fully saturated rings. The molecule has 0 aromatic carbocycles. The van der Waals surface area contributed by atoms with E-state index in [9.17, 15) is 0 Å². The molecule has 2 nitrogen and oxygen atoms in total. The smallest absolute Gasteiger partial charge is 0.100 e. The molecule has 2 rings (SSSR count). The van der Waals surface area contributed by atoms with Gasteiger partial charge in [-0.1, -0.05) is 0 Å². The first-order chi connectivity index (χ1) is 6.45. The van der Waals surface area contributed by atoms with Gasteiger partial charge in [-0.05, 0) is 5.92 Å². The summed E-state index contributed by atoms with van der Waals surface area (Å²) < 4.78 is 0. The molecule has 2 aliphatic rings. The van der Waals surface area contributed by atoms with E-state index in [0.717, 1.165) is 5.92 Å². The number of nitrogens with zero attached hydrogens (tertiary/aromatic N) is 1. The van der Waals surface area contributed by atoms with Crippen LogP contribution in [0.25, 0.3) is 0 Å². The topological polar surface area (TPSA) is 19.9 Å². The van der Waals surface area contributed by atoms with E-state index in [1.807, 2.05) is 0 Å². The van der Waals surface area contributed by atoms with Crippen molar-refractivity contribution in [3.05, 3.63) is 6.42 Å². The first-order valence-corrected chi connectivity index (χ1v) is 5.81. The fourth-order valence-corrected chi connectivity index (χ4v) is 2.53. The van der Waals surface area contributed by atoms with Crippen LogP contribution in [0.4, 0.5) is 0 Å². The summed E-state index contributed by atoms with van der Waals surface area (Å²) in [5.74, 6) is 1.00. The van der Waals surface area contributed by atoms with E-state index in [1.165, 1.54) is 58.4 Å². The second-order valence-corrected chi connectivity index (χ2v) is 4.48. The molecule has 0 aromatic heterocycles. The summed E-state index contributed by atoms with van der Waals surface area (Å²) in [5.41, 5.74) is 0. The number of piperidine rings is 2. The molecular formula is C11H22N2+2. The highest BCUT2D eigenvalue weighted by Gasteiger charge is 2.21. The van der Waals surface area contributed by atoms with Crippen molar-refractivity contribution < 1.29 is 5.32 Å². The molecule has 2 heterocycles. The zero-order chi connectivity index (χ0) is 8.93. The zero-order valence-electron chi connectivity index (χ0n) is 8.54. The minimum atomic E-state index is 1.00. The predicted octanol–water partition coefficient (Wildman–Crippen LogP) is 0.260. The minimum Gasteiger partial charge on any atom is -0.346 e. The van der Waals surface area contributed by atoms with Crippen LogP contribution in [0.5, 0.6) is 0 Å². The normalized spacial score (nSPS) is 27.1. The van der Waals surface area contributed by atoms with Crippen molar-refractivity contribution in [2.45, 2.75) is 25.7 Å². The Morgan fingerprint density at radius 3 is 2.54 bits per heavy atom. The van der Waals surface area contributed by atoms with E-state index in [0.29, 0.717) is 0 Å². The van der Waals surface area contributed by atoms with Crippen LogP contribution in [0.1, 0.15) is 25.7 Å². The fraction of sp³-hybridized carbons (Fsp3) is 0.909. The highest BCUT2D eigenvalue weighted by atomic mass is 15.1. The molecule has 0 amide bonds. The van der Waals surface area contributed by atoms with Gasteiger partial charge >= 0.3 is 0 Å². The fourth-order valence-electron chi connectivity index (χ4n) is 2.53. The molecule has 2 heteroatoms. The van der Waals surface area contributed by atoms with Crippen LogP contribution in [0.2, 0.25) is 0 Å². The van der Waals surface area contributed by atoms with E-state index >= 15 is 0 Å². The molecule has 13 heavy (non-hydrogen) atoms. The molecule has 2 aliphatic heterocycles. The van der Waals surface area contributed by atoms with Crippen molar-refractivity contribution in [1.82, 2.24) is 4.90 Å². The lowest BCUT2D eigenvalue weighted by Gasteiger charge is -2.28. The van der Waals surface area contributed by atoms with E-state index in [2.05, 4.69) is 16.6 Å². The van der Waals surface area contributed by atoms with Crippen LogP contribution in [0.15, 0.2) is 0 Å². The Morgan fingerprint density at radius 1 is 1.15 bits per heavy atom. The number of likely N-dealkylation sites (tertiary alicyclic amines) is 1. The van der Waals surface area contributed by atoms with Gasteiger partial charge in [0.15, 0.2) is 0 Å². The van der Waals surface area contributed by atoms with Crippen molar-refractivity contribution >= 4 is 0 Å². The SMILES string of the molecule is [CH+]1CCN(CC2CC[NH2+]CC2)CC1. The van der Waals surface area contributed by atoms with E-state index in [1.54, 1.807) is 0 Å². The molecular weight excluding hydrogens is 160 g/mol. The second kappa shape index (κ2) is 4.87. The molecule has 2 saturated heterocycles. The number of quaternary nitrogens is 1. The number of nitrogens with two attached hydrogens (primary N) is 1. The summed E-state index contributed by atoms with van der Waals surface area (Å²) in [5, 5.41) is 2.46. The van der Waals surface area contributed by atoms with Gasteiger partial charge < -0.3 is 5.32 Å². The van der Waals surface area contributed by atoms with E-state index < -0.39 is 0 Å². The molecule has 0 radical (unpaired) electrons.